The second-order valence-electron chi connectivity index (χ2n) is 8.00. The maximum Gasteiger partial charge on any atom is 0.412 e. The Morgan fingerprint density at radius 3 is 2.51 bits per heavy atom. The van der Waals surface area contributed by atoms with E-state index in [-0.39, 0.29) is 19.8 Å². The molecule has 4 aromatic rings. The molecule has 0 aliphatic carbocycles. The minimum atomic E-state index is -0.670. The maximum atomic E-state index is 11.9. The summed E-state index contributed by atoms with van der Waals surface area (Å²) < 4.78 is 18.1. The van der Waals surface area contributed by atoms with Crippen molar-refractivity contribution in [3.8, 4) is 17.2 Å². The monoisotopic (exact) mass is 493 g/mol. The van der Waals surface area contributed by atoms with Gasteiger partial charge in [0.2, 0.25) is 0 Å². The lowest BCUT2D eigenvalue weighted by Crippen LogP contribution is -2.29. The van der Waals surface area contributed by atoms with Gasteiger partial charge in [-0.2, -0.15) is 0 Å². The summed E-state index contributed by atoms with van der Waals surface area (Å²) in [5, 5.41) is 13.9. The van der Waals surface area contributed by atoms with E-state index in [2.05, 4.69) is 29.4 Å². The third-order valence-electron chi connectivity index (χ3n) is 5.33. The highest BCUT2D eigenvalue weighted by molar-refractivity contribution is 7.17. The first-order chi connectivity index (χ1) is 16.9. The SMILES string of the molecule is Cc1cc(OCc2ccccc2C)cc(OCc2csc3c(OC(=O)NCCO)cnc(N)c23)c1. The summed E-state index contributed by atoms with van der Waals surface area (Å²) in [5.41, 5.74) is 10.3. The summed E-state index contributed by atoms with van der Waals surface area (Å²) in [6, 6.07) is 13.9. The Bertz CT molecular complexity index is 1340. The van der Waals surface area contributed by atoms with Crippen molar-refractivity contribution in [3.05, 3.63) is 76.3 Å². The summed E-state index contributed by atoms with van der Waals surface area (Å²) in [5.74, 6) is 2.02. The molecule has 0 aliphatic rings. The first-order valence-electron chi connectivity index (χ1n) is 11.1. The number of aliphatic hydroxyl groups excluding tert-OH is 1. The minimum absolute atomic E-state index is 0.0983. The third kappa shape index (κ3) is 6.00. The van der Waals surface area contributed by atoms with Crippen LogP contribution in [0.2, 0.25) is 0 Å². The van der Waals surface area contributed by atoms with Crippen LogP contribution >= 0.6 is 11.3 Å². The first kappa shape index (κ1) is 24.3. The van der Waals surface area contributed by atoms with Crippen molar-refractivity contribution >= 4 is 33.3 Å². The van der Waals surface area contributed by atoms with Gasteiger partial charge in [-0.1, -0.05) is 24.3 Å². The van der Waals surface area contributed by atoms with Crippen LogP contribution in [0.15, 0.2) is 54.0 Å². The molecular weight excluding hydrogens is 466 g/mol. The lowest BCUT2D eigenvalue weighted by molar-refractivity contribution is 0.196. The summed E-state index contributed by atoms with van der Waals surface area (Å²) in [7, 11) is 0. The molecule has 35 heavy (non-hydrogen) atoms. The minimum Gasteiger partial charge on any atom is -0.489 e. The smallest absolute Gasteiger partial charge is 0.412 e. The molecule has 0 saturated carbocycles. The molecule has 4 rings (SSSR count). The Labute approximate surface area is 207 Å². The lowest BCUT2D eigenvalue weighted by Gasteiger charge is -2.12. The molecule has 2 heterocycles. The maximum absolute atomic E-state index is 11.9. The number of nitrogens with two attached hydrogens (primary N) is 1. The molecule has 0 saturated heterocycles. The Hall–Kier alpha value is -3.82. The zero-order valence-corrected chi connectivity index (χ0v) is 20.4. The molecule has 2 aromatic heterocycles. The number of hydrogen-bond donors (Lipinski definition) is 3. The number of hydrogen-bond acceptors (Lipinski definition) is 8. The number of aliphatic hydroxyl groups is 1. The molecular formula is C26H27N3O5S. The highest BCUT2D eigenvalue weighted by atomic mass is 32.1. The molecule has 1 amide bonds. The molecule has 4 N–H and O–H groups in total. The van der Waals surface area contributed by atoms with Crippen molar-refractivity contribution in [2.45, 2.75) is 27.1 Å². The number of nitrogens with zero attached hydrogens (tertiary/aromatic N) is 1. The van der Waals surface area contributed by atoms with E-state index in [9.17, 15) is 4.79 Å². The summed E-state index contributed by atoms with van der Waals surface area (Å²) in [4.78, 5) is 16.1. The predicted octanol–water partition coefficient (Wildman–Crippen LogP) is 4.73. The van der Waals surface area contributed by atoms with E-state index >= 15 is 0 Å². The number of rotatable bonds is 9. The molecule has 2 aromatic carbocycles. The number of carbonyl (C=O) groups excluding carboxylic acids is 1. The van der Waals surface area contributed by atoms with Gasteiger partial charge in [0.05, 0.1) is 17.5 Å². The van der Waals surface area contributed by atoms with Crippen LogP contribution in [0.3, 0.4) is 0 Å². The number of carbonyl (C=O) groups is 1. The van der Waals surface area contributed by atoms with Gasteiger partial charge in [0, 0.05) is 23.6 Å². The highest BCUT2D eigenvalue weighted by Crippen LogP contribution is 2.37. The van der Waals surface area contributed by atoms with Crippen LogP contribution in [-0.2, 0) is 13.2 Å². The van der Waals surface area contributed by atoms with E-state index in [1.807, 2.05) is 42.6 Å². The zero-order valence-electron chi connectivity index (χ0n) is 19.5. The molecule has 0 aliphatic heterocycles. The van der Waals surface area contributed by atoms with Crippen LogP contribution in [0.1, 0.15) is 22.3 Å². The summed E-state index contributed by atoms with van der Waals surface area (Å²) in [6.07, 6.45) is 0.742. The largest absolute Gasteiger partial charge is 0.489 e. The van der Waals surface area contributed by atoms with Gasteiger partial charge >= 0.3 is 6.09 Å². The first-order valence-corrected chi connectivity index (χ1v) is 12.0. The van der Waals surface area contributed by atoms with Gasteiger partial charge in [0.1, 0.15) is 30.5 Å². The summed E-state index contributed by atoms with van der Waals surface area (Å²) in [6.45, 7) is 4.70. The van der Waals surface area contributed by atoms with E-state index in [0.29, 0.717) is 34.0 Å². The summed E-state index contributed by atoms with van der Waals surface area (Å²) >= 11 is 1.39. The number of benzene rings is 2. The zero-order chi connectivity index (χ0) is 24.8. The average molecular weight is 494 g/mol. The van der Waals surface area contributed by atoms with Crippen molar-refractivity contribution in [2.24, 2.45) is 0 Å². The predicted molar refractivity (Wildman–Crippen MR) is 136 cm³/mol. The van der Waals surface area contributed by atoms with Crippen molar-refractivity contribution in [3.63, 3.8) is 0 Å². The Kier molecular flexibility index (Phi) is 7.69. The third-order valence-corrected chi connectivity index (χ3v) is 6.37. The van der Waals surface area contributed by atoms with Gasteiger partial charge < -0.3 is 30.4 Å². The van der Waals surface area contributed by atoms with Crippen LogP contribution in [0.25, 0.3) is 10.1 Å². The number of fused-ring (bicyclic) bond motifs is 1. The van der Waals surface area contributed by atoms with Crippen LogP contribution in [0.4, 0.5) is 10.6 Å². The van der Waals surface area contributed by atoms with Gasteiger partial charge in [-0.05, 0) is 48.1 Å². The van der Waals surface area contributed by atoms with Crippen LogP contribution < -0.4 is 25.3 Å². The molecule has 0 atom stereocenters. The van der Waals surface area contributed by atoms with Crippen LogP contribution in [0, 0.1) is 13.8 Å². The molecule has 8 nitrogen and oxygen atoms in total. The van der Waals surface area contributed by atoms with Gasteiger partial charge in [-0.25, -0.2) is 9.78 Å². The van der Waals surface area contributed by atoms with Gasteiger partial charge in [-0.3, -0.25) is 0 Å². The van der Waals surface area contributed by atoms with E-state index in [0.717, 1.165) is 22.4 Å². The van der Waals surface area contributed by atoms with Gasteiger partial charge in [-0.15, -0.1) is 11.3 Å². The molecule has 0 spiro atoms. The number of aryl methyl sites for hydroxylation is 2. The fourth-order valence-electron chi connectivity index (χ4n) is 3.55. The van der Waals surface area contributed by atoms with Crippen molar-refractivity contribution < 1.29 is 24.1 Å². The van der Waals surface area contributed by atoms with Gasteiger partial charge in [0.15, 0.2) is 5.75 Å². The molecule has 182 valence electrons. The van der Waals surface area contributed by atoms with E-state index in [1.54, 1.807) is 0 Å². The Morgan fingerprint density at radius 2 is 1.80 bits per heavy atom. The van der Waals surface area contributed by atoms with Crippen LogP contribution in [-0.4, -0.2) is 29.3 Å². The standard InChI is InChI=1S/C26H27N3O5S/c1-16-9-20(32-13-18-6-4-3-5-17(18)2)11-21(10-16)33-14-19-15-35-24-22(12-29-25(27)23(19)24)34-26(31)28-7-8-30/h3-6,9-12,15,30H,7-8,13-14H2,1-2H3,(H2,27,29)(H,28,31). The molecule has 0 unspecified atom stereocenters. The number of nitrogen functional groups attached to an aromatic ring is 1. The number of aromatic nitrogens is 1. The van der Waals surface area contributed by atoms with E-state index < -0.39 is 6.09 Å². The number of pyridine rings is 1. The van der Waals surface area contributed by atoms with Crippen LogP contribution in [0.5, 0.6) is 17.2 Å². The normalized spacial score (nSPS) is 10.8. The van der Waals surface area contributed by atoms with Gasteiger partial charge in [0.25, 0.3) is 0 Å². The molecule has 0 radical (unpaired) electrons. The molecule has 0 bridgehead atoms. The lowest BCUT2D eigenvalue weighted by atomic mass is 10.1. The number of amides is 1. The fourth-order valence-corrected chi connectivity index (χ4v) is 4.56. The van der Waals surface area contributed by atoms with E-state index in [4.69, 9.17) is 25.1 Å². The van der Waals surface area contributed by atoms with E-state index in [1.165, 1.54) is 23.1 Å². The number of ether oxygens (including phenoxy) is 3. The quantitative estimate of drug-likeness (QED) is 0.309. The number of thiophene rings is 1. The van der Waals surface area contributed by atoms with Crippen molar-refractivity contribution in [1.82, 2.24) is 10.3 Å². The molecule has 0 fully saturated rings. The second-order valence-corrected chi connectivity index (χ2v) is 8.88. The molecule has 9 heteroatoms. The second kappa shape index (κ2) is 11.1. The Morgan fingerprint density at radius 1 is 1.09 bits per heavy atom. The highest BCUT2D eigenvalue weighted by Gasteiger charge is 2.16. The fraction of sp³-hybridized carbons (Fsp3) is 0.231. The van der Waals surface area contributed by atoms with Crippen molar-refractivity contribution in [2.75, 3.05) is 18.9 Å². The number of anilines is 1. The average Bonchev–Trinajstić information content (AvgIpc) is 3.28. The Balaban J connectivity index is 1.48. The topological polar surface area (TPSA) is 116 Å². The number of nitrogens with one attached hydrogen (secondary N) is 1. The van der Waals surface area contributed by atoms with Crippen molar-refractivity contribution in [1.29, 1.82) is 0 Å².